The Bertz CT molecular complexity index is 988. The molecule has 1 unspecified atom stereocenters. The van der Waals surface area contributed by atoms with Gasteiger partial charge in [0.25, 0.3) is 0 Å². The highest BCUT2D eigenvalue weighted by Crippen LogP contribution is 2.42. The molecule has 0 aromatic carbocycles. The molecule has 4 rings (SSSR count). The molecular formula is C24H28F6N2O6S. The van der Waals surface area contributed by atoms with Crippen LogP contribution in [-0.4, -0.2) is 76.8 Å². The number of likely N-dealkylation sites (tertiary alicyclic amines) is 1. The molecule has 8 nitrogen and oxygen atoms in total. The van der Waals surface area contributed by atoms with Crippen LogP contribution in [0, 0.1) is 5.41 Å². The molecule has 2 fully saturated rings. The Balaban J connectivity index is 0.000000317. The van der Waals surface area contributed by atoms with Crippen LogP contribution in [0.3, 0.4) is 0 Å². The average molecular weight is 587 g/mol. The monoisotopic (exact) mass is 586 g/mol. The number of ether oxygens (including phenoxy) is 2. The van der Waals surface area contributed by atoms with E-state index in [9.17, 15) is 26.3 Å². The topological polar surface area (TPSA) is 109 Å². The van der Waals surface area contributed by atoms with E-state index >= 15 is 0 Å². The van der Waals surface area contributed by atoms with Gasteiger partial charge in [-0.25, -0.2) is 9.59 Å². The minimum atomic E-state index is -5.08. The number of carboxylic acids is 2. The average Bonchev–Trinajstić information content (AvgIpc) is 3.51. The fourth-order valence-corrected chi connectivity index (χ4v) is 4.62. The van der Waals surface area contributed by atoms with Gasteiger partial charge in [-0.1, -0.05) is 0 Å². The summed E-state index contributed by atoms with van der Waals surface area (Å²) in [4.78, 5) is 24.4. The maximum atomic E-state index is 10.6. The lowest BCUT2D eigenvalue weighted by atomic mass is 9.76. The highest BCUT2D eigenvalue weighted by Gasteiger charge is 2.42. The van der Waals surface area contributed by atoms with E-state index in [0.717, 1.165) is 19.6 Å². The van der Waals surface area contributed by atoms with Crippen molar-refractivity contribution in [2.45, 2.75) is 50.9 Å². The van der Waals surface area contributed by atoms with Crippen molar-refractivity contribution in [3.8, 4) is 0 Å². The van der Waals surface area contributed by atoms with Crippen molar-refractivity contribution in [3.63, 3.8) is 0 Å². The Hall–Kier alpha value is -2.75. The molecule has 4 heterocycles. The molecule has 0 saturated carbocycles. The molecule has 0 amide bonds. The zero-order valence-electron chi connectivity index (χ0n) is 20.6. The third-order valence-electron chi connectivity index (χ3n) is 6.00. The van der Waals surface area contributed by atoms with Crippen LogP contribution in [0.2, 0.25) is 0 Å². The number of piperidine rings is 1. The van der Waals surface area contributed by atoms with Crippen molar-refractivity contribution in [2.24, 2.45) is 5.41 Å². The molecule has 0 aliphatic carbocycles. The zero-order valence-corrected chi connectivity index (χ0v) is 21.4. The zero-order chi connectivity index (χ0) is 29.1. The predicted octanol–water partition coefficient (Wildman–Crippen LogP) is 5.00. The number of hydrogen-bond donors (Lipinski definition) is 2. The summed E-state index contributed by atoms with van der Waals surface area (Å²) in [5, 5.41) is 18.7. The first kappa shape index (κ1) is 32.5. The molecule has 2 saturated heterocycles. The Morgan fingerprint density at radius 2 is 1.59 bits per heavy atom. The molecule has 1 spiro atoms. The number of carbonyl (C=O) groups is 2. The number of aromatic nitrogens is 1. The van der Waals surface area contributed by atoms with E-state index in [2.05, 4.69) is 26.7 Å². The van der Waals surface area contributed by atoms with Crippen LogP contribution in [0.4, 0.5) is 26.3 Å². The van der Waals surface area contributed by atoms with Gasteiger partial charge in [0.2, 0.25) is 0 Å². The summed E-state index contributed by atoms with van der Waals surface area (Å²) in [6, 6.07) is 6.24. The summed E-state index contributed by atoms with van der Waals surface area (Å²) in [6.45, 7) is 5.71. The highest BCUT2D eigenvalue weighted by molar-refractivity contribution is 7.07. The summed E-state index contributed by atoms with van der Waals surface area (Å²) in [6.07, 6.45) is -2.65. The molecule has 0 radical (unpaired) electrons. The number of hydrogen-bond acceptors (Lipinski definition) is 7. The smallest absolute Gasteiger partial charge is 0.475 e. The van der Waals surface area contributed by atoms with Gasteiger partial charge < -0.3 is 19.7 Å². The fraction of sp³-hybridized carbons (Fsp3) is 0.542. The minimum Gasteiger partial charge on any atom is -0.475 e. The molecule has 2 aromatic rings. The Morgan fingerprint density at radius 3 is 2.08 bits per heavy atom. The Morgan fingerprint density at radius 1 is 1.03 bits per heavy atom. The van der Waals surface area contributed by atoms with Gasteiger partial charge >= 0.3 is 24.3 Å². The molecule has 39 heavy (non-hydrogen) atoms. The van der Waals surface area contributed by atoms with Gasteiger partial charge in [-0.05, 0) is 77.9 Å². The van der Waals surface area contributed by atoms with Crippen molar-refractivity contribution < 1.29 is 55.6 Å². The quantitative estimate of drug-likeness (QED) is 0.456. The molecule has 2 aromatic heterocycles. The lowest BCUT2D eigenvalue weighted by molar-refractivity contribution is -0.193. The maximum absolute atomic E-state index is 10.6. The van der Waals surface area contributed by atoms with E-state index < -0.39 is 24.3 Å². The third-order valence-corrected chi connectivity index (χ3v) is 6.73. The highest BCUT2D eigenvalue weighted by atomic mass is 32.1. The van der Waals surface area contributed by atoms with Gasteiger partial charge in [0.15, 0.2) is 0 Å². The summed E-state index contributed by atoms with van der Waals surface area (Å²) in [7, 11) is 0. The first-order chi connectivity index (χ1) is 18.2. The van der Waals surface area contributed by atoms with Crippen LogP contribution in [-0.2, 0) is 32.2 Å². The first-order valence-electron chi connectivity index (χ1n) is 11.6. The van der Waals surface area contributed by atoms with Gasteiger partial charge in [-0.2, -0.15) is 37.7 Å². The second-order valence-electron chi connectivity index (χ2n) is 9.02. The molecule has 15 heteroatoms. The molecule has 2 aliphatic rings. The first-order valence-corrected chi connectivity index (χ1v) is 12.6. The number of halogens is 6. The molecule has 2 N–H and O–H groups in total. The largest absolute Gasteiger partial charge is 0.490 e. The van der Waals surface area contributed by atoms with Crippen molar-refractivity contribution in [1.29, 1.82) is 0 Å². The van der Waals surface area contributed by atoms with E-state index in [1.807, 2.05) is 24.5 Å². The van der Waals surface area contributed by atoms with Crippen molar-refractivity contribution in [2.75, 3.05) is 26.3 Å². The van der Waals surface area contributed by atoms with E-state index in [1.165, 1.54) is 37.1 Å². The van der Waals surface area contributed by atoms with Crippen molar-refractivity contribution in [3.05, 3.63) is 52.5 Å². The van der Waals surface area contributed by atoms with E-state index in [0.29, 0.717) is 18.6 Å². The Labute approximate surface area is 224 Å². The number of aliphatic carboxylic acids is 2. The van der Waals surface area contributed by atoms with Gasteiger partial charge in [0.1, 0.15) is 0 Å². The summed E-state index contributed by atoms with van der Waals surface area (Å²) >= 11 is 1.79. The molecule has 1 atom stereocenters. The number of rotatable bonds is 6. The van der Waals surface area contributed by atoms with Crippen LogP contribution in [0.25, 0.3) is 0 Å². The summed E-state index contributed by atoms with van der Waals surface area (Å²) in [5.41, 5.74) is 3.01. The van der Waals surface area contributed by atoms with Gasteiger partial charge in [-0.15, -0.1) is 0 Å². The summed E-state index contributed by atoms with van der Waals surface area (Å²) < 4.78 is 75.4. The van der Waals surface area contributed by atoms with Crippen molar-refractivity contribution >= 4 is 23.3 Å². The van der Waals surface area contributed by atoms with E-state index in [4.69, 9.17) is 29.3 Å². The maximum Gasteiger partial charge on any atom is 0.490 e. The lowest BCUT2D eigenvalue weighted by Crippen LogP contribution is -2.40. The van der Waals surface area contributed by atoms with E-state index in [1.54, 1.807) is 11.3 Å². The van der Waals surface area contributed by atoms with Crippen LogP contribution in [0.1, 0.15) is 30.4 Å². The number of alkyl halides is 6. The Kier molecular flexibility index (Phi) is 12.1. The van der Waals surface area contributed by atoms with Gasteiger partial charge in [-0.3, -0.25) is 9.88 Å². The third kappa shape index (κ3) is 11.9. The molecular weight excluding hydrogens is 558 g/mol. The summed E-state index contributed by atoms with van der Waals surface area (Å²) in [5.74, 6) is -5.51. The van der Waals surface area contributed by atoms with E-state index in [-0.39, 0.29) is 6.10 Å². The SMILES string of the molecule is O=C(O)C(F)(F)F.O=C(O)C(F)(F)F.c1cc(COCC2CC3(CCN(Cc4ccsc4)CC3)CO2)ccn1. The molecule has 218 valence electrons. The molecule has 2 aliphatic heterocycles. The van der Waals surface area contributed by atoms with Crippen LogP contribution in [0.5, 0.6) is 0 Å². The van der Waals surface area contributed by atoms with Gasteiger partial charge in [0.05, 0.1) is 25.9 Å². The lowest BCUT2D eigenvalue weighted by Gasteiger charge is -2.38. The number of pyridine rings is 1. The number of thiophene rings is 1. The van der Waals surface area contributed by atoms with Crippen LogP contribution >= 0.6 is 11.3 Å². The normalized spacial score (nSPS) is 19.0. The second kappa shape index (κ2) is 14.6. The van der Waals surface area contributed by atoms with Crippen LogP contribution < -0.4 is 0 Å². The number of carboxylic acid groups (broad SMARTS) is 2. The van der Waals surface area contributed by atoms with Crippen LogP contribution in [0.15, 0.2) is 41.4 Å². The standard InChI is InChI=1S/C20H26N2O2S.2C2HF3O2/c1-6-21-7-2-17(1)13-23-14-19-11-20(16-24-19)4-8-22(9-5-20)12-18-3-10-25-15-18;2*3-2(4,5)1(6)7/h1-3,6-7,10,15,19H,4-5,8-9,11-14,16H2;2*(H,6,7). The van der Waals surface area contributed by atoms with Gasteiger partial charge in [0, 0.05) is 18.9 Å². The number of nitrogens with zero attached hydrogens (tertiary/aromatic N) is 2. The fourth-order valence-electron chi connectivity index (χ4n) is 3.96. The van der Waals surface area contributed by atoms with Crippen molar-refractivity contribution in [1.82, 2.24) is 9.88 Å². The predicted molar refractivity (Wildman–Crippen MR) is 127 cm³/mol. The molecule has 0 bridgehead atoms. The minimum absolute atomic E-state index is 0.255. The second-order valence-corrected chi connectivity index (χ2v) is 9.80.